The van der Waals surface area contributed by atoms with Crippen molar-refractivity contribution in [3.8, 4) is 5.75 Å². The van der Waals surface area contributed by atoms with Crippen molar-refractivity contribution in [1.29, 1.82) is 0 Å². The molecule has 38 heavy (non-hydrogen) atoms. The summed E-state index contributed by atoms with van der Waals surface area (Å²) in [5, 5.41) is 11.2. The lowest BCUT2D eigenvalue weighted by atomic mass is 9.95. The summed E-state index contributed by atoms with van der Waals surface area (Å²) in [5.41, 5.74) is 2.70. The predicted octanol–water partition coefficient (Wildman–Crippen LogP) is 6.17. The number of nitrogens with one attached hydrogen (secondary N) is 2. The van der Waals surface area contributed by atoms with Gasteiger partial charge < -0.3 is 15.4 Å². The van der Waals surface area contributed by atoms with Crippen molar-refractivity contribution in [2.24, 2.45) is 0 Å². The van der Waals surface area contributed by atoms with Gasteiger partial charge in [0.05, 0.1) is 17.9 Å². The molecule has 1 aliphatic heterocycles. The first-order chi connectivity index (χ1) is 18.4. The predicted molar refractivity (Wildman–Crippen MR) is 143 cm³/mol. The summed E-state index contributed by atoms with van der Waals surface area (Å²) in [6.45, 7) is 4.10. The van der Waals surface area contributed by atoms with Gasteiger partial charge in [0.25, 0.3) is 5.91 Å². The second kappa shape index (κ2) is 11.1. The number of nitrogens with zero attached hydrogens (tertiary/aromatic N) is 3. The van der Waals surface area contributed by atoms with E-state index in [1.54, 1.807) is 54.1 Å². The van der Waals surface area contributed by atoms with Gasteiger partial charge in [-0.05, 0) is 55.3 Å². The number of aromatic nitrogens is 3. The Labute approximate surface area is 222 Å². The van der Waals surface area contributed by atoms with Crippen molar-refractivity contribution >= 4 is 29.3 Å². The Bertz CT molecular complexity index is 1500. The maximum atomic E-state index is 14.1. The molecule has 7 nitrogen and oxygen atoms in total. The first-order valence-electron chi connectivity index (χ1n) is 12.0. The number of carbonyl (C=O) groups excluding carboxylic acids is 1. The molecule has 0 fully saturated rings. The Morgan fingerprint density at radius 2 is 1.82 bits per heavy atom. The zero-order valence-corrected chi connectivity index (χ0v) is 21.6. The maximum Gasteiger partial charge on any atom is 0.255 e. The lowest BCUT2D eigenvalue weighted by Crippen LogP contribution is -2.31. The summed E-state index contributed by atoms with van der Waals surface area (Å²) in [5.74, 6) is 0.273. The van der Waals surface area contributed by atoms with Gasteiger partial charge in [0.15, 0.2) is 0 Å². The van der Waals surface area contributed by atoms with Gasteiger partial charge in [0.2, 0.25) is 11.1 Å². The van der Waals surface area contributed by atoms with Crippen LogP contribution in [0.15, 0.2) is 89.2 Å². The van der Waals surface area contributed by atoms with E-state index in [2.05, 4.69) is 20.7 Å². The van der Waals surface area contributed by atoms with Crippen molar-refractivity contribution in [2.45, 2.75) is 30.8 Å². The van der Waals surface area contributed by atoms with E-state index in [9.17, 15) is 13.6 Å². The first kappa shape index (κ1) is 25.5. The molecule has 0 saturated heterocycles. The van der Waals surface area contributed by atoms with E-state index in [0.29, 0.717) is 57.3 Å². The molecule has 1 atom stereocenters. The van der Waals surface area contributed by atoms with Crippen molar-refractivity contribution < 1.29 is 18.3 Å². The highest BCUT2D eigenvalue weighted by molar-refractivity contribution is 7.98. The molecule has 0 radical (unpaired) electrons. The molecular formula is C28H25F2N5O2S. The van der Waals surface area contributed by atoms with E-state index in [0.717, 1.165) is 0 Å². The van der Waals surface area contributed by atoms with Gasteiger partial charge in [-0.1, -0.05) is 54.2 Å². The van der Waals surface area contributed by atoms with Crippen molar-refractivity contribution in [2.75, 3.05) is 17.2 Å². The van der Waals surface area contributed by atoms with Crippen LogP contribution in [-0.2, 0) is 10.5 Å². The van der Waals surface area contributed by atoms with Crippen LogP contribution in [0.3, 0.4) is 0 Å². The average Bonchev–Trinajstić information content (AvgIpc) is 3.31. The molecule has 5 rings (SSSR count). The Balaban J connectivity index is 1.49. The van der Waals surface area contributed by atoms with Crippen LogP contribution in [0.2, 0.25) is 0 Å². The smallest absolute Gasteiger partial charge is 0.255 e. The SMILES string of the molecule is CCOc1ccccc1NC(=O)C1=C(C)Nc2nc(SCc3ccccc3F)nn2C1c1ccc(F)cc1. The largest absolute Gasteiger partial charge is 0.492 e. The molecule has 10 heteroatoms. The quantitative estimate of drug-likeness (QED) is 0.264. The maximum absolute atomic E-state index is 14.1. The molecule has 0 aliphatic carbocycles. The van der Waals surface area contributed by atoms with Crippen LogP contribution < -0.4 is 15.4 Å². The molecule has 0 spiro atoms. The summed E-state index contributed by atoms with van der Waals surface area (Å²) >= 11 is 1.28. The molecule has 2 N–H and O–H groups in total. The van der Waals surface area contributed by atoms with Crippen LogP contribution in [0.4, 0.5) is 20.4 Å². The Morgan fingerprint density at radius 3 is 2.58 bits per heavy atom. The molecule has 194 valence electrons. The molecule has 0 bridgehead atoms. The number of carbonyl (C=O) groups is 1. The number of halogens is 2. The number of hydrogen-bond acceptors (Lipinski definition) is 6. The Hall–Kier alpha value is -4.18. The fraction of sp³-hybridized carbons (Fsp3) is 0.179. The first-order valence-corrected chi connectivity index (χ1v) is 13.0. The van der Waals surface area contributed by atoms with Crippen LogP contribution in [0, 0.1) is 11.6 Å². The summed E-state index contributed by atoms with van der Waals surface area (Å²) in [6, 6.07) is 19.0. The van der Waals surface area contributed by atoms with Gasteiger partial charge in [0, 0.05) is 11.4 Å². The van der Waals surface area contributed by atoms with Crippen LogP contribution in [0.25, 0.3) is 0 Å². The lowest BCUT2D eigenvalue weighted by Gasteiger charge is -2.28. The van der Waals surface area contributed by atoms with Gasteiger partial charge in [-0.15, -0.1) is 5.10 Å². The van der Waals surface area contributed by atoms with Crippen LogP contribution >= 0.6 is 11.8 Å². The van der Waals surface area contributed by atoms with E-state index in [4.69, 9.17) is 4.74 Å². The lowest BCUT2D eigenvalue weighted by molar-refractivity contribution is -0.113. The third-order valence-corrected chi connectivity index (χ3v) is 6.90. The van der Waals surface area contributed by atoms with E-state index < -0.39 is 6.04 Å². The zero-order valence-electron chi connectivity index (χ0n) is 20.7. The van der Waals surface area contributed by atoms with E-state index in [1.165, 1.54) is 30.0 Å². The number of benzene rings is 3. The second-order valence-electron chi connectivity index (χ2n) is 8.54. The number of allylic oxidation sites excluding steroid dienone is 1. The molecule has 3 aromatic carbocycles. The minimum Gasteiger partial charge on any atom is -0.492 e. The second-order valence-corrected chi connectivity index (χ2v) is 9.49. The number of hydrogen-bond donors (Lipinski definition) is 2. The Kier molecular flexibility index (Phi) is 7.41. The van der Waals surface area contributed by atoms with Crippen molar-refractivity contribution in [3.63, 3.8) is 0 Å². The van der Waals surface area contributed by atoms with Gasteiger partial charge in [0.1, 0.15) is 23.4 Å². The Morgan fingerprint density at radius 1 is 1.08 bits per heavy atom. The standard InChI is InChI=1S/C28H25F2N5O2S/c1-3-37-23-11-7-6-10-22(23)32-26(36)24-17(2)31-27-33-28(38-16-19-8-4-5-9-21(19)30)34-35(27)25(24)18-12-14-20(29)15-13-18/h4-15,25H,3,16H2,1-2H3,(H,32,36)(H,31,33,34). The average molecular weight is 534 g/mol. The normalized spacial score (nSPS) is 14.6. The molecule has 1 aliphatic rings. The van der Waals surface area contributed by atoms with Crippen molar-refractivity contribution in [1.82, 2.24) is 14.8 Å². The molecule has 1 amide bonds. The van der Waals surface area contributed by atoms with Crippen LogP contribution in [-0.4, -0.2) is 27.3 Å². The summed E-state index contributed by atoms with van der Waals surface area (Å²) in [7, 11) is 0. The monoisotopic (exact) mass is 533 g/mol. The van der Waals surface area contributed by atoms with Gasteiger partial charge in [-0.25, -0.2) is 13.5 Å². The number of amides is 1. The number of fused-ring (bicyclic) bond motifs is 1. The number of rotatable bonds is 8. The zero-order chi connectivity index (χ0) is 26.6. The number of ether oxygens (including phenoxy) is 1. The third kappa shape index (κ3) is 5.26. The van der Waals surface area contributed by atoms with E-state index in [1.807, 2.05) is 19.1 Å². The summed E-state index contributed by atoms with van der Waals surface area (Å²) in [6.07, 6.45) is 0. The van der Waals surface area contributed by atoms with Crippen molar-refractivity contribution in [3.05, 3.63) is 107 Å². The van der Waals surface area contributed by atoms with E-state index in [-0.39, 0.29) is 17.5 Å². The molecule has 4 aromatic rings. The molecular weight excluding hydrogens is 508 g/mol. The molecule has 1 unspecified atom stereocenters. The highest BCUT2D eigenvalue weighted by Crippen LogP contribution is 2.37. The topological polar surface area (TPSA) is 81.1 Å². The molecule has 2 heterocycles. The van der Waals surface area contributed by atoms with Crippen LogP contribution in [0.1, 0.15) is 31.0 Å². The van der Waals surface area contributed by atoms with Gasteiger partial charge in [-0.3, -0.25) is 4.79 Å². The highest BCUT2D eigenvalue weighted by Gasteiger charge is 2.34. The number of para-hydroxylation sites is 2. The van der Waals surface area contributed by atoms with Gasteiger partial charge in [-0.2, -0.15) is 4.98 Å². The van der Waals surface area contributed by atoms with Crippen LogP contribution in [0.5, 0.6) is 5.75 Å². The minimum atomic E-state index is -0.679. The fourth-order valence-electron chi connectivity index (χ4n) is 4.24. The summed E-state index contributed by atoms with van der Waals surface area (Å²) < 4.78 is 35.2. The molecule has 1 aromatic heterocycles. The number of anilines is 2. The van der Waals surface area contributed by atoms with Gasteiger partial charge >= 0.3 is 0 Å². The summed E-state index contributed by atoms with van der Waals surface area (Å²) in [4.78, 5) is 18.3. The third-order valence-electron chi connectivity index (χ3n) is 6.01. The van der Waals surface area contributed by atoms with E-state index >= 15 is 0 Å². The highest BCUT2D eigenvalue weighted by atomic mass is 32.2. The minimum absolute atomic E-state index is 0.296. The molecule has 0 saturated carbocycles. The number of thioether (sulfide) groups is 1. The fourth-order valence-corrected chi connectivity index (χ4v) is 5.05.